The molecule has 0 saturated carbocycles. The molecular formula is C28H31ClN2O2. The van der Waals surface area contributed by atoms with Crippen molar-refractivity contribution in [3.05, 3.63) is 107 Å². The molecule has 0 radical (unpaired) electrons. The minimum atomic E-state index is -0.541. The maximum absolute atomic E-state index is 13.8. The van der Waals surface area contributed by atoms with Crippen LogP contribution >= 0.6 is 11.6 Å². The van der Waals surface area contributed by atoms with Gasteiger partial charge in [0.25, 0.3) is 0 Å². The predicted molar refractivity (Wildman–Crippen MR) is 134 cm³/mol. The summed E-state index contributed by atoms with van der Waals surface area (Å²) in [5.41, 5.74) is 3.09. The van der Waals surface area contributed by atoms with Crippen molar-refractivity contribution in [3.8, 4) is 0 Å². The molecule has 0 aromatic heterocycles. The van der Waals surface area contributed by atoms with Crippen LogP contribution in [0.2, 0.25) is 5.02 Å². The van der Waals surface area contributed by atoms with E-state index in [0.717, 1.165) is 16.7 Å². The lowest BCUT2D eigenvalue weighted by molar-refractivity contribution is -0.141. The summed E-state index contributed by atoms with van der Waals surface area (Å²) >= 11 is 6.05. The molecule has 0 spiro atoms. The zero-order valence-electron chi connectivity index (χ0n) is 19.2. The van der Waals surface area contributed by atoms with Gasteiger partial charge in [0.05, 0.1) is 0 Å². The van der Waals surface area contributed by atoms with Gasteiger partial charge in [-0.3, -0.25) is 9.59 Å². The zero-order valence-corrected chi connectivity index (χ0v) is 20.0. The van der Waals surface area contributed by atoms with E-state index in [-0.39, 0.29) is 24.2 Å². The molecule has 5 heteroatoms. The number of carbonyl (C=O) groups is 2. The van der Waals surface area contributed by atoms with Gasteiger partial charge in [0.1, 0.15) is 6.04 Å². The maximum atomic E-state index is 13.8. The predicted octanol–water partition coefficient (Wildman–Crippen LogP) is 5.81. The molecule has 1 unspecified atom stereocenters. The van der Waals surface area contributed by atoms with Crippen molar-refractivity contribution in [1.29, 1.82) is 0 Å². The number of nitrogens with one attached hydrogen (secondary N) is 1. The van der Waals surface area contributed by atoms with Crippen molar-refractivity contribution in [2.75, 3.05) is 6.54 Å². The van der Waals surface area contributed by atoms with Gasteiger partial charge >= 0.3 is 0 Å². The van der Waals surface area contributed by atoms with Crippen LogP contribution < -0.4 is 5.32 Å². The normalized spacial score (nSPS) is 11.8. The summed E-state index contributed by atoms with van der Waals surface area (Å²) in [6.07, 6.45) is 0.810. The van der Waals surface area contributed by atoms with E-state index in [0.29, 0.717) is 24.5 Å². The molecule has 3 aromatic carbocycles. The lowest BCUT2D eigenvalue weighted by Gasteiger charge is -2.32. The molecule has 1 atom stereocenters. The Labute approximate surface area is 201 Å². The van der Waals surface area contributed by atoms with Gasteiger partial charge in [-0.25, -0.2) is 0 Å². The first-order chi connectivity index (χ1) is 16.0. The van der Waals surface area contributed by atoms with E-state index in [1.165, 1.54) is 0 Å². The monoisotopic (exact) mass is 462 g/mol. The van der Waals surface area contributed by atoms with Crippen molar-refractivity contribution in [2.24, 2.45) is 0 Å². The topological polar surface area (TPSA) is 49.4 Å². The van der Waals surface area contributed by atoms with E-state index >= 15 is 0 Å². The van der Waals surface area contributed by atoms with Crippen LogP contribution in [0.1, 0.15) is 49.3 Å². The molecule has 1 N–H and O–H groups in total. The molecule has 0 aliphatic rings. The number of nitrogens with zero attached hydrogens (tertiary/aromatic N) is 1. The summed E-state index contributed by atoms with van der Waals surface area (Å²) < 4.78 is 0. The largest absolute Gasteiger partial charge is 0.355 e. The van der Waals surface area contributed by atoms with Gasteiger partial charge in [-0.1, -0.05) is 91.3 Å². The number of carbonyl (C=O) groups excluding carboxylic acids is 2. The first-order valence-electron chi connectivity index (χ1n) is 11.4. The van der Waals surface area contributed by atoms with E-state index in [1.54, 1.807) is 4.90 Å². The van der Waals surface area contributed by atoms with E-state index in [1.807, 2.05) is 74.5 Å². The lowest BCUT2D eigenvalue weighted by atomic mass is 9.88. The Morgan fingerprint density at radius 1 is 0.848 bits per heavy atom. The number of benzene rings is 3. The zero-order chi connectivity index (χ0) is 23.6. The van der Waals surface area contributed by atoms with Crippen molar-refractivity contribution in [2.45, 2.75) is 45.2 Å². The molecule has 0 aliphatic carbocycles. The van der Waals surface area contributed by atoms with Crippen LogP contribution in [-0.4, -0.2) is 29.3 Å². The average molecular weight is 463 g/mol. The van der Waals surface area contributed by atoms with E-state index in [9.17, 15) is 9.59 Å². The van der Waals surface area contributed by atoms with Crippen LogP contribution in [0.25, 0.3) is 0 Å². The standard InChI is InChI=1S/C28H31ClN2O2/c1-3-26(28(33)30-4-2)31(20-21-15-17-24(29)18-16-21)27(32)19-25(22-11-7-5-8-12-22)23-13-9-6-10-14-23/h5-18,25-26H,3-4,19-20H2,1-2H3,(H,30,33). The molecule has 0 fully saturated rings. The van der Waals surface area contributed by atoms with E-state index in [4.69, 9.17) is 11.6 Å². The molecule has 3 rings (SSSR count). The van der Waals surface area contributed by atoms with Gasteiger partial charge in [0, 0.05) is 30.5 Å². The summed E-state index contributed by atoms with van der Waals surface area (Å²) in [6.45, 7) is 4.70. The molecule has 2 amide bonds. The SMILES string of the molecule is CCNC(=O)C(CC)N(Cc1ccc(Cl)cc1)C(=O)CC(c1ccccc1)c1ccccc1. The van der Waals surface area contributed by atoms with Crippen LogP contribution in [0, 0.1) is 0 Å². The third-order valence-electron chi connectivity index (χ3n) is 5.79. The molecule has 0 aliphatic heterocycles. The summed E-state index contributed by atoms with van der Waals surface area (Å²) in [6, 6.07) is 27.0. The minimum absolute atomic E-state index is 0.0549. The Morgan fingerprint density at radius 2 is 1.39 bits per heavy atom. The molecule has 172 valence electrons. The number of hydrogen-bond acceptors (Lipinski definition) is 2. The third-order valence-corrected chi connectivity index (χ3v) is 6.04. The molecule has 0 heterocycles. The summed E-state index contributed by atoms with van der Waals surface area (Å²) in [5, 5.41) is 3.53. The van der Waals surface area contributed by atoms with Gasteiger partial charge < -0.3 is 10.2 Å². The average Bonchev–Trinajstić information content (AvgIpc) is 2.84. The number of amides is 2. The van der Waals surface area contributed by atoms with Crippen molar-refractivity contribution in [1.82, 2.24) is 10.2 Å². The van der Waals surface area contributed by atoms with Crippen LogP contribution in [0.15, 0.2) is 84.9 Å². The van der Waals surface area contributed by atoms with Gasteiger partial charge in [-0.05, 0) is 42.2 Å². The summed E-state index contributed by atoms with van der Waals surface area (Å²) in [5.74, 6) is -0.279. The minimum Gasteiger partial charge on any atom is -0.355 e. The van der Waals surface area contributed by atoms with Gasteiger partial charge in [0.15, 0.2) is 0 Å². The highest BCUT2D eigenvalue weighted by Gasteiger charge is 2.30. The Balaban J connectivity index is 1.94. The van der Waals surface area contributed by atoms with Crippen molar-refractivity contribution >= 4 is 23.4 Å². The first kappa shape index (κ1) is 24.5. The molecule has 0 bridgehead atoms. The number of rotatable bonds is 10. The molecule has 0 saturated heterocycles. The smallest absolute Gasteiger partial charge is 0.242 e. The summed E-state index contributed by atoms with van der Waals surface area (Å²) in [4.78, 5) is 28.4. The second-order valence-corrected chi connectivity index (χ2v) is 8.48. The molecule has 33 heavy (non-hydrogen) atoms. The van der Waals surface area contributed by atoms with Gasteiger partial charge in [-0.15, -0.1) is 0 Å². The highest BCUT2D eigenvalue weighted by Crippen LogP contribution is 2.29. The highest BCUT2D eigenvalue weighted by atomic mass is 35.5. The van der Waals surface area contributed by atoms with Crippen LogP contribution in [-0.2, 0) is 16.1 Å². The Morgan fingerprint density at radius 3 is 1.88 bits per heavy atom. The Kier molecular flexibility index (Phi) is 9.08. The number of halogens is 1. The Hall–Kier alpha value is -3.11. The van der Waals surface area contributed by atoms with Crippen molar-refractivity contribution in [3.63, 3.8) is 0 Å². The fourth-order valence-corrected chi connectivity index (χ4v) is 4.21. The van der Waals surface area contributed by atoms with Crippen molar-refractivity contribution < 1.29 is 9.59 Å². The highest BCUT2D eigenvalue weighted by molar-refractivity contribution is 6.30. The second kappa shape index (κ2) is 12.2. The fourth-order valence-electron chi connectivity index (χ4n) is 4.09. The van der Waals surface area contributed by atoms with E-state index < -0.39 is 6.04 Å². The van der Waals surface area contributed by atoms with Crippen LogP contribution in [0.4, 0.5) is 0 Å². The molecule has 3 aromatic rings. The summed E-state index contributed by atoms with van der Waals surface area (Å²) in [7, 11) is 0. The fraction of sp³-hybridized carbons (Fsp3) is 0.286. The van der Waals surface area contributed by atoms with Crippen LogP contribution in [0.3, 0.4) is 0 Å². The van der Waals surface area contributed by atoms with Gasteiger partial charge in [0.2, 0.25) is 11.8 Å². The lowest BCUT2D eigenvalue weighted by Crippen LogP contribution is -2.49. The molecular weight excluding hydrogens is 432 g/mol. The van der Waals surface area contributed by atoms with Crippen LogP contribution in [0.5, 0.6) is 0 Å². The number of hydrogen-bond donors (Lipinski definition) is 1. The van der Waals surface area contributed by atoms with Gasteiger partial charge in [-0.2, -0.15) is 0 Å². The second-order valence-electron chi connectivity index (χ2n) is 8.04. The maximum Gasteiger partial charge on any atom is 0.242 e. The first-order valence-corrected chi connectivity index (χ1v) is 11.8. The molecule has 4 nitrogen and oxygen atoms in total. The quantitative estimate of drug-likeness (QED) is 0.413. The van der Waals surface area contributed by atoms with E-state index in [2.05, 4.69) is 29.6 Å². The number of likely N-dealkylation sites (N-methyl/N-ethyl adjacent to an activating group) is 1. The third kappa shape index (κ3) is 6.69. The Bertz CT molecular complexity index is 983.